The van der Waals surface area contributed by atoms with Gasteiger partial charge in [-0.05, 0) is 37.8 Å². The molecule has 3 rings (SSSR count). The molecular formula is C14H23N3OS. The van der Waals surface area contributed by atoms with Crippen LogP contribution in [0.25, 0.3) is 0 Å². The maximum absolute atomic E-state index is 12.1. The van der Waals surface area contributed by atoms with Crippen LogP contribution in [0.2, 0.25) is 0 Å². The number of aromatic nitrogens is 1. The molecule has 0 radical (unpaired) electrons. The number of nitrogens with one attached hydrogen (secondary N) is 1. The molecule has 106 valence electrons. The number of carbonyl (C=O) groups excluding carboxylic acids is 1. The molecule has 1 aromatic rings. The third-order valence-corrected chi connectivity index (χ3v) is 4.68. The van der Waals surface area contributed by atoms with Gasteiger partial charge in [-0.15, -0.1) is 11.3 Å². The second-order valence-corrected chi connectivity index (χ2v) is 5.78. The molecule has 2 aliphatic rings. The van der Waals surface area contributed by atoms with E-state index in [1.165, 1.54) is 24.4 Å². The molecule has 2 aliphatic heterocycles. The second kappa shape index (κ2) is 7.01. The van der Waals surface area contributed by atoms with Crippen LogP contribution in [-0.4, -0.2) is 42.0 Å². The molecule has 1 aromatic heterocycles. The summed E-state index contributed by atoms with van der Waals surface area (Å²) >= 11 is 1.44. The highest BCUT2D eigenvalue weighted by Gasteiger charge is 2.32. The summed E-state index contributed by atoms with van der Waals surface area (Å²) in [5.41, 5.74) is 0. The molecule has 0 unspecified atom stereocenters. The van der Waals surface area contributed by atoms with Gasteiger partial charge in [0, 0.05) is 24.7 Å². The first-order valence-electron chi connectivity index (χ1n) is 7.24. The molecule has 4 nitrogen and oxygen atoms in total. The fourth-order valence-corrected chi connectivity index (χ4v) is 3.28. The van der Waals surface area contributed by atoms with Crippen LogP contribution in [-0.2, 0) is 0 Å². The normalized spacial score (nSPS) is 20.4. The number of likely N-dealkylation sites (tertiary alicyclic amines) is 1. The zero-order valence-corrected chi connectivity index (χ0v) is 12.6. The van der Waals surface area contributed by atoms with Crippen LogP contribution in [0.4, 0.5) is 0 Å². The molecule has 0 aliphatic carbocycles. The van der Waals surface area contributed by atoms with E-state index < -0.39 is 0 Å². The Balaban J connectivity index is 0.000000637. The van der Waals surface area contributed by atoms with E-state index in [2.05, 4.69) is 10.3 Å². The zero-order valence-electron chi connectivity index (χ0n) is 11.8. The van der Waals surface area contributed by atoms with Gasteiger partial charge in [0.25, 0.3) is 5.91 Å². The van der Waals surface area contributed by atoms with E-state index >= 15 is 0 Å². The highest BCUT2D eigenvalue weighted by molar-refractivity contribution is 7.11. The predicted octanol–water partition coefficient (Wildman–Crippen LogP) is 2.24. The fourth-order valence-electron chi connectivity index (χ4n) is 2.68. The van der Waals surface area contributed by atoms with E-state index in [4.69, 9.17) is 0 Å². The number of carbonyl (C=O) groups is 1. The summed E-state index contributed by atoms with van der Waals surface area (Å²) in [7, 11) is 0. The van der Waals surface area contributed by atoms with Crippen molar-refractivity contribution in [1.29, 1.82) is 0 Å². The molecule has 0 aromatic carbocycles. The first-order chi connectivity index (χ1) is 9.34. The van der Waals surface area contributed by atoms with Crippen molar-refractivity contribution >= 4 is 17.2 Å². The van der Waals surface area contributed by atoms with Crippen LogP contribution in [0, 0.1) is 11.8 Å². The van der Waals surface area contributed by atoms with Gasteiger partial charge in [0.05, 0.1) is 0 Å². The molecule has 3 heterocycles. The highest BCUT2D eigenvalue weighted by Crippen LogP contribution is 2.28. The van der Waals surface area contributed by atoms with E-state index in [0.29, 0.717) is 5.01 Å². The van der Waals surface area contributed by atoms with Gasteiger partial charge in [-0.2, -0.15) is 0 Å². The molecule has 0 saturated carbocycles. The lowest BCUT2D eigenvalue weighted by molar-refractivity contribution is 0.0629. The second-order valence-electron chi connectivity index (χ2n) is 4.89. The summed E-state index contributed by atoms with van der Waals surface area (Å²) in [6.07, 6.45) is 4.01. The van der Waals surface area contributed by atoms with Gasteiger partial charge in [-0.3, -0.25) is 4.79 Å². The summed E-state index contributed by atoms with van der Waals surface area (Å²) in [6.45, 7) is 8.15. The Morgan fingerprint density at radius 1 is 1.32 bits per heavy atom. The smallest absolute Gasteiger partial charge is 0.282 e. The van der Waals surface area contributed by atoms with Crippen LogP contribution in [0.3, 0.4) is 0 Å². The lowest BCUT2D eigenvalue weighted by Gasteiger charge is -2.40. The van der Waals surface area contributed by atoms with Crippen molar-refractivity contribution in [1.82, 2.24) is 15.2 Å². The summed E-state index contributed by atoms with van der Waals surface area (Å²) < 4.78 is 0. The SMILES string of the molecule is CC.O=C(c1nccs1)N1CCC(C2CNC2)CC1. The number of piperidine rings is 1. The van der Waals surface area contributed by atoms with Gasteiger partial charge in [0.1, 0.15) is 0 Å². The van der Waals surface area contributed by atoms with Crippen LogP contribution in [0.15, 0.2) is 11.6 Å². The minimum absolute atomic E-state index is 0.116. The topological polar surface area (TPSA) is 45.2 Å². The van der Waals surface area contributed by atoms with Gasteiger partial charge in [0.2, 0.25) is 0 Å². The molecule has 0 spiro atoms. The van der Waals surface area contributed by atoms with E-state index in [0.717, 1.165) is 37.8 Å². The summed E-state index contributed by atoms with van der Waals surface area (Å²) in [5, 5.41) is 5.82. The first kappa shape index (κ1) is 14.5. The Labute approximate surface area is 119 Å². The first-order valence-corrected chi connectivity index (χ1v) is 8.12. The predicted molar refractivity (Wildman–Crippen MR) is 78.4 cm³/mol. The quantitative estimate of drug-likeness (QED) is 0.904. The Hall–Kier alpha value is -0.940. The van der Waals surface area contributed by atoms with Gasteiger partial charge in [-0.1, -0.05) is 13.8 Å². The Morgan fingerprint density at radius 3 is 2.47 bits per heavy atom. The molecule has 0 bridgehead atoms. The fraction of sp³-hybridized carbons (Fsp3) is 0.714. The Morgan fingerprint density at radius 2 is 2.00 bits per heavy atom. The van der Waals surface area contributed by atoms with E-state index in [-0.39, 0.29) is 5.91 Å². The largest absolute Gasteiger partial charge is 0.337 e. The average Bonchev–Trinajstić information content (AvgIpc) is 2.93. The molecule has 1 N–H and O–H groups in total. The summed E-state index contributed by atoms with van der Waals surface area (Å²) in [5.74, 6) is 1.79. The third-order valence-electron chi connectivity index (χ3n) is 3.92. The summed E-state index contributed by atoms with van der Waals surface area (Å²) in [4.78, 5) is 18.1. The van der Waals surface area contributed by atoms with Crippen molar-refractivity contribution < 1.29 is 4.79 Å². The maximum Gasteiger partial charge on any atom is 0.282 e. The lowest BCUT2D eigenvalue weighted by atomic mass is 9.81. The van der Waals surface area contributed by atoms with Crippen molar-refractivity contribution in [3.05, 3.63) is 16.6 Å². The molecule has 2 fully saturated rings. The minimum atomic E-state index is 0.116. The zero-order chi connectivity index (χ0) is 13.7. The molecule has 19 heavy (non-hydrogen) atoms. The van der Waals surface area contributed by atoms with Gasteiger partial charge >= 0.3 is 0 Å². The van der Waals surface area contributed by atoms with Crippen LogP contribution in [0.1, 0.15) is 36.5 Å². The molecule has 5 heteroatoms. The number of rotatable bonds is 2. The maximum atomic E-state index is 12.1. The van der Waals surface area contributed by atoms with E-state index in [9.17, 15) is 4.79 Å². The van der Waals surface area contributed by atoms with Crippen molar-refractivity contribution in [2.45, 2.75) is 26.7 Å². The average molecular weight is 281 g/mol. The molecule has 1 amide bonds. The van der Waals surface area contributed by atoms with Crippen LogP contribution in [0.5, 0.6) is 0 Å². The number of amides is 1. The number of hydrogen-bond donors (Lipinski definition) is 1. The standard InChI is InChI=1S/C12H17N3OS.C2H6/c16-12(11-14-3-6-17-11)15-4-1-9(2-5-15)10-7-13-8-10;1-2/h3,6,9-10,13H,1-2,4-5,7-8H2;1-2H3. The monoisotopic (exact) mass is 281 g/mol. The minimum Gasteiger partial charge on any atom is -0.337 e. The number of nitrogens with zero attached hydrogens (tertiary/aromatic N) is 2. The van der Waals surface area contributed by atoms with E-state index in [1.54, 1.807) is 6.20 Å². The van der Waals surface area contributed by atoms with Gasteiger partial charge < -0.3 is 10.2 Å². The molecular weight excluding hydrogens is 258 g/mol. The van der Waals surface area contributed by atoms with Crippen molar-refractivity contribution in [2.24, 2.45) is 11.8 Å². The number of hydrogen-bond acceptors (Lipinski definition) is 4. The highest BCUT2D eigenvalue weighted by atomic mass is 32.1. The van der Waals surface area contributed by atoms with Crippen molar-refractivity contribution in [2.75, 3.05) is 26.2 Å². The van der Waals surface area contributed by atoms with Crippen molar-refractivity contribution in [3.8, 4) is 0 Å². The Bertz CT molecular complexity index is 381. The number of thiazole rings is 1. The summed E-state index contributed by atoms with van der Waals surface area (Å²) in [6, 6.07) is 0. The third kappa shape index (κ3) is 3.34. The Kier molecular flexibility index (Phi) is 5.34. The van der Waals surface area contributed by atoms with Crippen LogP contribution < -0.4 is 5.32 Å². The van der Waals surface area contributed by atoms with Crippen molar-refractivity contribution in [3.63, 3.8) is 0 Å². The van der Waals surface area contributed by atoms with Gasteiger partial charge in [0.15, 0.2) is 5.01 Å². The van der Waals surface area contributed by atoms with Crippen LogP contribution >= 0.6 is 11.3 Å². The lowest BCUT2D eigenvalue weighted by Crippen LogP contribution is -2.49. The molecule has 2 saturated heterocycles. The molecule has 0 atom stereocenters. The van der Waals surface area contributed by atoms with E-state index in [1.807, 2.05) is 24.1 Å². The van der Waals surface area contributed by atoms with Gasteiger partial charge in [-0.25, -0.2) is 4.98 Å².